The number of carbonyl (C=O) groups is 2. The zero-order valence-corrected chi connectivity index (χ0v) is 18.2. The molecule has 0 atom stereocenters. The van der Waals surface area contributed by atoms with Crippen LogP contribution in [0.1, 0.15) is 30.1 Å². The monoisotopic (exact) mass is 432 g/mol. The van der Waals surface area contributed by atoms with Gasteiger partial charge in [-0.1, -0.05) is 32.0 Å². The number of amides is 1. The van der Waals surface area contributed by atoms with Crippen LogP contribution in [0.15, 0.2) is 59.0 Å². The van der Waals surface area contributed by atoms with Gasteiger partial charge in [0.05, 0.1) is 12.7 Å². The van der Waals surface area contributed by atoms with E-state index < -0.39 is 5.97 Å². The van der Waals surface area contributed by atoms with Crippen LogP contribution in [0.25, 0.3) is 22.5 Å². The van der Waals surface area contributed by atoms with Crippen LogP contribution in [0.2, 0.25) is 0 Å². The van der Waals surface area contributed by atoms with Crippen LogP contribution in [-0.4, -0.2) is 33.8 Å². The first-order valence-electron chi connectivity index (χ1n) is 10.3. The van der Waals surface area contributed by atoms with Gasteiger partial charge in [-0.2, -0.15) is 0 Å². The average Bonchev–Trinajstić information content (AvgIpc) is 3.38. The van der Waals surface area contributed by atoms with E-state index in [0.717, 1.165) is 10.9 Å². The molecule has 0 fully saturated rings. The minimum Gasteiger partial charge on any atom is -0.465 e. The fourth-order valence-corrected chi connectivity index (χ4v) is 3.50. The molecule has 0 unspecified atom stereocenters. The number of aromatic nitrogens is 3. The van der Waals surface area contributed by atoms with Crippen molar-refractivity contribution in [1.29, 1.82) is 0 Å². The molecule has 2 heterocycles. The highest BCUT2D eigenvalue weighted by Crippen LogP contribution is 2.28. The molecule has 0 aliphatic rings. The Kier molecular flexibility index (Phi) is 6.02. The van der Waals surface area contributed by atoms with Crippen LogP contribution in [0.3, 0.4) is 0 Å². The Hall–Kier alpha value is -3.94. The summed E-state index contributed by atoms with van der Waals surface area (Å²) in [7, 11) is 1.33. The van der Waals surface area contributed by atoms with Crippen LogP contribution in [-0.2, 0) is 22.5 Å². The van der Waals surface area contributed by atoms with Gasteiger partial charge in [0.25, 0.3) is 5.89 Å². The molecule has 0 saturated heterocycles. The number of nitrogens with one attached hydrogen (secondary N) is 1. The smallest absolute Gasteiger partial charge is 0.337 e. The van der Waals surface area contributed by atoms with Gasteiger partial charge < -0.3 is 19.0 Å². The van der Waals surface area contributed by atoms with Gasteiger partial charge in [-0.3, -0.25) is 4.79 Å². The molecule has 32 heavy (non-hydrogen) atoms. The van der Waals surface area contributed by atoms with E-state index in [1.807, 2.05) is 34.9 Å². The number of para-hydroxylation sites is 1. The van der Waals surface area contributed by atoms with Crippen LogP contribution in [0.5, 0.6) is 0 Å². The van der Waals surface area contributed by atoms with Gasteiger partial charge in [-0.25, -0.2) is 4.79 Å². The number of carbonyl (C=O) groups excluding carboxylic acids is 2. The predicted octanol–water partition coefficient (Wildman–Crippen LogP) is 4.32. The Bertz CT molecular complexity index is 1250. The van der Waals surface area contributed by atoms with Crippen molar-refractivity contribution in [3.63, 3.8) is 0 Å². The van der Waals surface area contributed by atoms with Crippen LogP contribution < -0.4 is 5.32 Å². The van der Waals surface area contributed by atoms with Gasteiger partial charge in [0.15, 0.2) is 0 Å². The summed E-state index contributed by atoms with van der Waals surface area (Å²) in [4.78, 5) is 24.4. The molecule has 2 aromatic heterocycles. The first-order valence-corrected chi connectivity index (χ1v) is 10.3. The minimum atomic E-state index is -0.428. The maximum atomic E-state index is 12.8. The SMILES string of the molecule is COC(=O)c1ccc(NC(=O)Cn2c(-c3nnc(CC(C)C)o3)cc3ccccc32)cc1. The number of rotatable bonds is 7. The van der Waals surface area contributed by atoms with E-state index in [0.29, 0.717) is 41.1 Å². The second kappa shape index (κ2) is 9.05. The third-order valence-corrected chi connectivity index (χ3v) is 4.97. The van der Waals surface area contributed by atoms with E-state index in [4.69, 9.17) is 9.15 Å². The molecule has 4 aromatic rings. The van der Waals surface area contributed by atoms with Crippen LogP contribution in [0.4, 0.5) is 5.69 Å². The summed E-state index contributed by atoms with van der Waals surface area (Å²) >= 11 is 0. The zero-order chi connectivity index (χ0) is 22.7. The van der Waals surface area contributed by atoms with Crippen molar-refractivity contribution >= 4 is 28.5 Å². The number of ether oxygens (including phenoxy) is 1. The predicted molar refractivity (Wildman–Crippen MR) is 120 cm³/mol. The van der Waals surface area contributed by atoms with Gasteiger partial charge in [0.1, 0.15) is 12.2 Å². The Morgan fingerprint density at radius 2 is 1.84 bits per heavy atom. The first kappa shape index (κ1) is 21.3. The summed E-state index contributed by atoms with van der Waals surface area (Å²) in [6.07, 6.45) is 0.690. The molecule has 0 saturated carbocycles. The highest BCUT2D eigenvalue weighted by molar-refractivity contribution is 5.94. The number of hydrogen-bond donors (Lipinski definition) is 1. The van der Waals surface area contributed by atoms with Crippen molar-refractivity contribution in [3.8, 4) is 11.6 Å². The van der Waals surface area contributed by atoms with Crippen molar-refractivity contribution in [2.45, 2.75) is 26.8 Å². The molecule has 2 aromatic carbocycles. The number of hydrogen-bond acceptors (Lipinski definition) is 6. The maximum absolute atomic E-state index is 12.8. The third kappa shape index (κ3) is 4.54. The standard InChI is InChI=1S/C24H24N4O4/c1-15(2)12-22-26-27-23(32-22)20-13-17-6-4-5-7-19(17)28(20)14-21(29)25-18-10-8-16(9-11-18)24(30)31-3/h4-11,13,15H,12,14H2,1-3H3,(H,25,29). The van der Waals surface area contributed by atoms with E-state index in [1.54, 1.807) is 24.3 Å². The summed E-state index contributed by atoms with van der Waals surface area (Å²) in [5, 5.41) is 12.2. The fourth-order valence-electron chi connectivity index (χ4n) is 3.50. The van der Waals surface area contributed by atoms with E-state index in [-0.39, 0.29) is 12.5 Å². The van der Waals surface area contributed by atoms with Gasteiger partial charge in [-0.05, 0) is 42.3 Å². The van der Waals surface area contributed by atoms with Gasteiger partial charge in [0.2, 0.25) is 11.8 Å². The zero-order valence-electron chi connectivity index (χ0n) is 18.2. The molecule has 8 heteroatoms. The molecule has 164 valence electrons. The lowest BCUT2D eigenvalue weighted by Gasteiger charge is -2.10. The first-order chi connectivity index (χ1) is 15.4. The molecule has 0 bridgehead atoms. The van der Waals surface area contributed by atoms with E-state index in [9.17, 15) is 9.59 Å². The van der Waals surface area contributed by atoms with Crippen LogP contribution >= 0.6 is 0 Å². The number of fused-ring (bicyclic) bond motifs is 1. The van der Waals surface area contributed by atoms with Crippen molar-refractivity contribution in [2.24, 2.45) is 5.92 Å². The highest BCUT2D eigenvalue weighted by atomic mass is 16.5. The van der Waals surface area contributed by atoms with Gasteiger partial charge in [0, 0.05) is 23.0 Å². The fraction of sp³-hybridized carbons (Fsp3) is 0.250. The lowest BCUT2D eigenvalue weighted by atomic mass is 10.1. The van der Waals surface area contributed by atoms with Crippen molar-refractivity contribution in [2.75, 3.05) is 12.4 Å². The van der Waals surface area contributed by atoms with E-state index in [2.05, 4.69) is 29.4 Å². The molecule has 1 amide bonds. The minimum absolute atomic E-state index is 0.0590. The number of methoxy groups -OCH3 is 1. The largest absolute Gasteiger partial charge is 0.465 e. The summed E-state index contributed by atoms with van der Waals surface area (Å²) in [6, 6.07) is 16.3. The Labute approximate surface area is 185 Å². The summed E-state index contributed by atoms with van der Waals surface area (Å²) in [5.74, 6) is 0.697. The van der Waals surface area contributed by atoms with Crippen molar-refractivity contribution < 1.29 is 18.7 Å². The Morgan fingerprint density at radius 3 is 2.56 bits per heavy atom. The lowest BCUT2D eigenvalue weighted by Crippen LogP contribution is -2.19. The van der Waals surface area contributed by atoms with E-state index in [1.165, 1.54) is 7.11 Å². The number of nitrogens with zero attached hydrogens (tertiary/aromatic N) is 3. The molecule has 8 nitrogen and oxygen atoms in total. The summed E-state index contributed by atoms with van der Waals surface area (Å²) in [6.45, 7) is 4.23. The lowest BCUT2D eigenvalue weighted by molar-refractivity contribution is -0.116. The third-order valence-electron chi connectivity index (χ3n) is 4.97. The topological polar surface area (TPSA) is 99.2 Å². The molecular weight excluding hydrogens is 408 g/mol. The van der Waals surface area contributed by atoms with Gasteiger partial charge >= 0.3 is 5.97 Å². The molecule has 4 rings (SSSR count). The second-order valence-corrected chi connectivity index (χ2v) is 7.89. The highest BCUT2D eigenvalue weighted by Gasteiger charge is 2.19. The number of esters is 1. The molecule has 1 N–H and O–H groups in total. The van der Waals surface area contributed by atoms with Crippen molar-refractivity contribution in [1.82, 2.24) is 14.8 Å². The molecule has 0 radical (unpaired) electrons. The Morgan fingerprint density at radius 1 is 1.09 bits per heavy atom. The maximum Gasteiger partial charge on any atom is 0.337 e. The van der Waals surface area contributed by atoms with Crippen molar-refractivity contribution in [3.05, 3.63) is 66.1 Å². The molecule has 0 spiro atoms. The van der Waals surface area contributed by atoms with E-state index >= 15 is 0 Å². The molecular formula is C24H24N4O4. The second-order valence-electron chi connectivity index (χ2n) is 7.89. The Balaban J connectivity index is 1.59. The average molecular weight is 432 g/mol. The summed E-state index contributed by atoms with van der Waals surface area (Å²) in [5.41, 5.74) is 2.57. The normalized spacial score (nSPS) is 11.1. The van der Waals surface area contributed by atoms with Crippen LogP contribution in [0, 0.1) is 5.92 Å². The number of anilines is 1. The quantitative estimate of drug-likeness (QED) is 0.437. The molecule has 0 aliphatic carbocycles. The molecule has 0 aliphatic heterocycles. The van der Waals surface area contributed by atoms with Gasteiger partial charge in [-0.15, -0.1) is 10.2 Å². The number of benzene rings is 2. The summed E-state index contributed by atoms with van der Waals surface area (Å²) < 4.78 is 12.4.